The molecule has 0 aromatic heterocycles. The third-order valence-electron chi connectivity index (χ3n) is 6.07. The fourth-order valence-corrected chi connectivity index (χ4v) is 4.57. The van der Waals surface area contributed by atoms with Crippen LogP contribution in [0, 0.1) is 12.8 Å². The molecule has 2 aromatic rings. The smallest absolute Gasteiger partial charge is 0.259 e. The molecule has 0 unspecified atom stereocenters. The molecule has 0 radical (unpaired) electrons. The predicted molar refractivity (Wildman–Crippen MR) is 118 cm³/mol. The molecule has 2 heterocycles. The molecular formula is C24H26N2O2S. The fraction of sp³-hybridized carbons (Fsp3) is 0.375. The number of carbonyl (C=O) groups excluding carboxylic acids is 2. The number of nitrogens with zero attached hydrogens (tertiary/aromatic N) is 2. The molecular weight excluding hydrogens is 380 g/mol. The number of hydrogen-bond acceptors (Lipinski definition) is 4. The van der Waals surface area contributed by atoms with Gasteiger partial charge in [0.25, 0.3) is 5.91 Å². The molecule has 0 saturated carbocycles. The van der Waals surface area contributed by atoms with Gasteiger partial charge in [0, 0.05) is 36.6 Å². The van der Waals surface area contributed by atoms with E-state index in [1.165, 1.54) is 5.56 Å². The van der Waals surface area contributed by atoms with Crippen molar-refractivity contribution in [3.05, 3.63) is 70.8 Å². The summed E-state index contributed by atoms with van der Waals surface area (Å²) in [6.07, 6.45) is 2.40. The lowest BCUT2D eigenvalue weighted by Gasteiger charge is -2.34. The second-order valence-corrected chi connectivity index (χ2v) is 8.50. The maximum Gasteiger partial charge on any atom is 0.259 e. The number of hydrogen-bond donors (Lipinski definition) is 0. The molecule has 1 saturated heterocycles. The summed E-state index contributed by atoms with van der Waals surface area (Å²) < 4.78 is 0. The molecule has 0 atom stereocenters. The lowest BCUT2D eigenvalue weighted by atomic mass is 9.88. The topological polar surface area (TPSA) is 40.6 Å². The van der Waals surface area contributed by atoms with E-state index in [0.717, 1.165) is 49.2 Å². The highest BCUT2D eigenvalue weighted by molar-refractivity contribution is 7.80. The summed E-state index contributed by atoms with van der Waals surface area (Å²) in [5, 5.41) is 0. The number of carbonyl (C=O) groups is 2. The molecule has 2 aliphatic heterocycles. The summed E-state index contributed by atoms with van der Waals surface area (Å²) in [6.45, 7) is 5.20. The van der Waals surface area contributed by atoms with Gasteiger partial charge in [0.2, 0.25) is 0 Å². The van der Waals surface area contributed by atoms with Gasteiger partial charge < -0.3 is 9.80 Å². The Morgan fingerprint density at radius 1 is 1.03 bits per heavy atom. The quantitative estimate of drug-likeness (QED) is 0.558. The molecule has 4 nitrogen and oxygen atoms in total. The summed E-state index contributed by atoms with van der Waals surface area (Å²) in [7, 11) is 0. The van der Waals surface area contributed by atoms with E-state index in [4.69, 9.17) is 12.2 Å². The molecule has 5 heteroatoms. The molecule has 1 amide bonds. The van der Waals surface area contributed by atoms with Crippen LogP contribution < -0.4 is 0 Å². The van der Waals surface area contributed by atoms with Crippen molar-refractivity contribution in [2.24, 2.45) is 5.92 Å². The van der Waals surface area contributed by atoms with Crippen molar-refractivity contribution in [1.29, 1.82) is 0 Å². The van der Waals surface area contributed by atoms with Gasteiger partial charge in [-0.25, -0.2) is 0 Å². The highest BCUT2D eigenvalue weighted by atomic mass is 32.1. The van der Waals surface area contributed by atoms with Crippen LogP contribution in [0.3, 0.4) is 0 Å². The Labute approximate surface area is 177 Å². The van der Waals surface area contributed by atoms with E-state index >= 15 is 0 Å². The molecule has 0 spiro atoms. The van der Waals surface area contributed by atoms with Gasteiger partial charge in [0.15, 0.2) is 5.78 Å². The monoisotopic (exact) mass is 406 g/mol. The van der Waals surface area contributed by atoms with Crippen molar-refractivity contribution in [1.82, 2.24) is 9.80 Å². The number of aryl methyl sites for hydroxylation is 1. The number of benzene rings is 2. The first kappa shape index (κ1) is 19.9. The number of thiocarbonyl (C=S) groups is 1. The maximum absolute atomic E-state index is 12.8. The fourth-order valence-electron chi connectivity index (χ4n) is 4.24. The molecule has 0 bridgehead atoms. The molecule has 0 aliphatic carbocycles. The Morgan fingerprint density at radius 2 is 1.72 bits per heavy atom. The molecule has 0 N–H and O–H groups in total. The lowest BCUT2D eigenvalue weighted by Crippen LogP contribution is -2.46. The lowest BCUT2D eigenvalue weighted by molar-refractivity contribution is 0.0796. The highest BCUT2D eigenvalue weighted by Crippen LogP contribution is 2.23. The molecule has 2 aliphatic rings. The average Bonchev–Trinajstić information content (AvgIpc) is 2.74. The Morgan fingerprint density at radius 3 is 2.45 bits per heavy atom. The van der Waals surface area contributed by atoms with Crippen molar-refractivity contribution in [3.63, 3.8) is 0 Å². The first-order chi connectivity index (χ1) is 14.0. The van der Waals surface area contributed by atoms with E-state index in [1.807, 2.05) is 55.5 Å². The standard InChI is InChI=1S/C24H26N2O2S/c1-17-6-8-18(9-7-17)23(27)19-10-12-25(13-11-19)14-15-26-22(29)16-20-4-2-3-5-21(20)24(26)28/h2-9,19H,10-16H2,1H3. The van der Waals surface area contributed by atoms with Crippen LogP contribution in [0.1, 0.15) is 44.7 Å². The molecule has 29 heavy (non-hydrogen) atoms. The molecule has 2 aromatic carbocycles. The number of ketones is 1. The van der Waals surface area contributed by atoms with Gasteiger partial charge in [-0.2, -0.15) is 0 Å². The number of Topliss-reactive ketones (excluding diaryl/α,β-unsaturated/α-hetero) is 1. The zero-order valence-electron chi connectivity index (χ0n) is 16.8. The minimum absolute atomic E-state index is 0.0151. The van der Waals surface area contributed by atoms with Gasteiger partial charge in [-0.1, -0.05) is 60.2 Å². The third kappa shape index (κ3) is 4.31. The minimum atomic E-state index is 0.0151. The summed E-state index contributed by atoms with van der Waals surface area (Å²) in [5.74, 6) is 0.369. The molecule has 4 rings (SSSR count). The van der Waals surface area contributed by atoms with Crippen LogP contribution in [-0.2, 0) is 6.42 Å². The van der Waals surface area contributed by atoms with Gasteiger partial charge in [-0.3, -0.25) is 9.59 Å². The van der Waals surface area contributed by atoms with Gasteiger partial charge in [0.1, 0.15) is 0 Å². The van der Waals surface area contributed by atoms with Gasteiger partial charge in [-0.05, 0) is 44.5 Å². The summed E-state index contributed by atoms with van der Waals surface area (Å²) in [5.41, 5.74) is 3.78. The molecule has 1 fully saturated rings. The van der Waals surface area contributed by atoms with Crippen molar-refractivity contribution in [2.75, 3.05) is 26.2 Å². The van der Waals surface area contributed by atoms with Crippen molar-refractivity contribution >= 4 is 28.9 Å². The first-order valence-electron chi connectivity index (χ1n) is 10.3. The average molecular weight is 407 g/mol. The zero-order chi connectivity index (χ0) is 20.4. The van der Waals surface area contributed by atoms with Crippen molar-refractivity contribution < 1.29 is 9.59 Å². The normalized spacial score (nSPS) is 18.0. The van der Waals surface area contributed by atoms with Gasteiger partial charge >= 0.3 is 0 Å². The highest BCUT2D eigenvalue weighted by Gasteiger charge is 2.30. The first-order valence-corrected chi connectivity index (χ1v) is 10.7. The van der Waals surface area contributed by atoms with Crippen LogP contribution in [0.2, 0.25) is 0 Å². The van der Waals surface area contributed by atoms with E-state index in [9.17, 15) is 9.59 Å². The molecule has 150 valence electrons. The second-order valence-electron chi connectivity index (χ2n) is 8.03. The Bertz CT molecular complexity index is 930. The van der Waals surface area contributed by atoms with E-state index < -0.39 is 0 Å². The van der Waals surface area contributed by atoms with E-state index in [2.05, 4.69) is 4.90 Å². The van der Waals surface area contributed by atoms with Crippen LogP contribution in [0.5, 0.6) is 0 Å². The largest absolute Gasteiger partial charge is 0.302 e. The Hall–Kier alpha value is -2.37. The van der Waals surface area contributed by atoms with E-state index in [-0.39, 0.29) is 17.6 Å². The zero-order valence-corrected chi connectivity index (χ0v) is 17.6. The Kier molecular flexibility index (Phi) is 5.88. The van der Waals surface area contributed by atoms with Crippen molar-refractivity contribution in [3.8, 4) is 0 Å². The summed E-state index contributed by atoms with van der Waals surface area (Å²) >= 11 is 5.51. The maximum atomic E-state index is 12.8. The van der Waals surface area contributed by atoms with E-state index in [1.54, 1.807) is 4.90 Å². The number of likely N-dealkylation sites (tertiary alicyclic amines) is 1. The van der Waals surface area contributed by atoms with Crippen LogP contribution >= 0.6 is 12.2 Å². The second kappa shape index (κ2) is 8.56. The third-order valence-corrected chi connectivity index (χ3v) is 6.43. The van der Waals surface area contributed by atoms with Gasteiger partial charge in [-0.15, -0.1) is 0 Å². The van der Waals surface area contributed by atoms with E-state index in [0.29, 0.717) is 18.0 Å². The summed E-state index contributed by atoms with van der Waals surface area (Å²) in [4.78, 5) is 30.3. The SMILES string of the molecule is Cc1ccc(C(=O)C2CCN(CCN3C(=O)c4ccccc4CC3=S)CC2)cc1. The Balaban J connectivity index is 1.30. The van der Waals surface area contributed by atoms with Gasteiger partial charge in [0.05, 0.1) is 4.99 Å². The van der Waals surface area contributed by atoms with Crippen LogP contribution in [-0.4, -0.2) is 52.7 Å². The number of fused-ring (bicyclic) bond motifs is 1. The van der Waals surface area contributed by atoms with Crippen LogP contribution in [0.4, 0.5) is 0 Å². The number of amides is 1. The predicted octanol–water partition coefficient (Wildman–Crippen LogP) is 3.92. The van der Waals surface area contributed by atoms with Crippen LogP contribution in [0.15, 0.2) is 48.5 Å². The van der Waals surface area contributed by atoms with Crippen molar-refractivity contribution in [2.45, 2.75) is 26.2 Å². The number of piperidine rings is 1. The number of rotatable bonds is 5. The van der Waals surface area contributed by atoms with Crippen LogP contribution in [0.25, 0.3) is 0 Å². The minimum Gasteiger partial charge on any atom is -0.302 e. The summed E-state index contributed by atoms with van der Waals surface area (Å²) in [6, 6.07) is 15.6.